The van der Waals surface area contributed by atoms with Crippen molar-refractivity contribution in [3.8, 4) is 0 Å². The molecule has 1 unspecified atom stereocenters. The Kier molecular flexibility index (Phi) is 6.57. The minimum absolute atomic E-state index is 0.0995. The normalized spacial score (nSPS) is 12.5. The van der Waals surface area contributed by atoms with E-state index in [0.29, 0.717) is 0 Å². The lowest BCUT2D eigenvalue weighted by Gasteiger charge is -2.19. The highest BCUT2D eigenvalue weighted by atomic mass is 16.1. The highest BCUT2D eigenvalue weighted by Gasteiger charge is 2.16. The number of benzene rings is 1. The maximum absolute atomic E-state index is 12.2. The van der Waals surface area contributed by atoms with E-state index in [2.05, 4.69) is 44.4 Å². The van der Waals surface area contributed by atoms with Gasteiger partial charge in [0.25, 0.3) is 0 Å². The van der Waals surface area contributed by atoms with E-state index in [1.165, 1.54) is 0 Å². The molecule has 1 atom stereocenters. The van der Waals surface area contributed by atoms with Gasteiger partial charge in [0.15, 0.2) is 0 Å². The summed E-state index contributed by atoms with van der Waals surface area (Å²) in [5.74, 6) is 0.226. The van der Waals surface area contributed by atoms with Crippen molar-refractivity contribution in [1.82, 2.24) is 5.32 Å². The van der Waals surface area contributed by atoms with Crippen LogP contribution in [0.15, 0.2) is 24.3 Å². The van der Waals surface area contributed by atoms with Crippen molar-refractivity contribution in [1.29, 1.82) is 0 Å². The van der Waals surface area contributed by atoms with Gasteiger partial charge in [-0.3, -0.25) is 4.79 Å². The molecule has 106 valence electrons. The van der Waals surface area contributed by atoms with Crippen LogP contribution in [0.4, 0.5) is 5.69 Å². The minimum Gasteiger partial charge on any atom is -0.326 e. The number of hydrogen-bond acceptors (Lipinski definition) is 2. The van der Waals surface area contributed by atoms with Crippen LogP contribution in [0.2, 0.25) is 0 Å². The summed E-state index contributed by atoms with van der Waals surface area (Å²) < 4.78 is 0. The number of anilines is 1. The monoisotopic (exact) mass is 262 g/mol. The van der Waals surface area contributed by atoms with Gasteiger partial charge in [-0.1, -0.05) is 39.0 Å². The lowest BCUT2D eigenvalue weighted by atomic mass is 10.0. The van der Waals surface area contributed by atoms with Crippen LogP contribution < -0.4 is 10.6 Å². The Morgan fingerprint density at radius 2 is 1.79 bits per heavy atom. The van der Waals surface area contributed by atoms with Crippen molar-refractivity contribution in [2.75, 3.05) is 11.9 Å². The molecule has 0 saturated heterocycles. The standard InChI is InChI=1S/C16H26N2O/c1-5-13(6-2)16(19)18-15-11-9-8-10-14(15)12(4)17-7-3/h8-13,17H,5-7H2,1-4H3,(H,18,19). The zero-order valence-electron chi connectivity index (χ0n) is 12.5. The van der Waals surface area contributed by atoms with Gasteiger partial charge < -0.3 is 10.6 Å². The molecule has 0 heterocycles. The Bertz CT molecular complexity index is 399. The Balaban J connectivity index is 2.86. The third kappa shape index (κ3) is 4.35. The zero-order valence-corrected chi connectivity index (χ0v) is 12.5. The first-order chi connectivity index (χ1) is 9.13. The molecule has 0 bridgehead atoms. The van der Waals surface area contributed by atoms with Gasteiger partial charge in [-0.2, -0.15) is 0 Å². The number of carbonyl (C=O) groups excluding carboxylic acids is 1. The summed E-state index contributed by atoms with van der Waals surface area (Å²) in [6.07, 6.45) is 1.76. The van der Waals surface area contributed by atoms with Crippen molar-refractivity contribution in [3.05, 3.63) is 29.8 Å². The average molecular weight is 262 g/mol. The topological polar surface area (TPSA) is 41.1 Å². The van der Waals surface area contributed by atoms with Crippen LogP contribution in [-0.2, 0) is 4.79 Å². The summed E-state index contributed by atoms with van der Waals surface area (Å²) in [4.78, 5) is 12.2. The summed E-state index contributed by atoms with van der Waals surface area (Å²) >= 11 is 0. The first-order valence-corrected chi connectivity index (χ1v) is 7.27. The van der Waals surface area contributed by atoms with E-state index in [0.717, 1.165) is 30.6 Å². The van der Waals surface area contributed by atoms with E-state index in [1.807, 2.05) is 18.2 Å². The van der Waals surface area contributed by atoms with Gasteiger partial charge in [0.1, 0.15) is 0 Å². The van der Waals surface area contributed by atoms with Gasteiger partial charge in [-0.05, 0) is 37.9 Å². The van der Waals surface area contributed by atoms with Crippen molar-refractivity contribution < 1.29 is 4.79 Å². The third-order valence-corrected chi connectivity index (χ3v) is 3.55. The molecule has 2 N–H and O–H groups in total. The van der Waals surface area contributed by atoms with E-state index >= 15 is 0 Å². The van der Waals surface area contributed by atoms with Gasteiger partial charge >= 0.3 is 0 Å². The van der Waals surface area contributed by atoms with Crippen LogP contribution in [0.3, 0.4) is 0 Å². The number of hydrogen-bond donors (Lipinski definition) is 2. The quantitative estimate of drug-likeness (QED) is 0.786. The van der Waals surface area contributed by atoms with E-state index in [-0.39, 0.29) is 17.9 Å². The second-order valence-electron chi connectivity index (χ2n) is 4.87. The molecule has 3 heteroatoms. The van der Waals surface area contributed by atoms with Gasteiger partial charge in [0, 0.05) is 17.6 Å². The molecule has 1 aromatic rings. The van der Waals surface area contributed by atoms with Crippen molar-refractivity contribution >= 4 is 11.6 Å². The van der Waals surface area contributed by atoms with Crippen LogP contribution in [0, 0.1) is 5.92 Å². The fourth-order valence-corrected chi connectivity index (χ4v) is 2.30. The summed E-state index contributed by atoms with van der Waals surface area (Å²) in [6, 6.07) is 8.25. The Labute approximate surface area is 116 Å². The second-order valence-corrected chi connectivity index (χ2v) is 4.87. The van der Waals surface area contributed by atoms with Crippen molar-refractivity contribution in [3.63, 3.8) is 0 Å². The maximum Gasteiger partial charge on any atom is 0.227 e. The molecule has 0 aliphatic heterocycles. The summed E-state index contributed by atoms with van der Waals surface area (Å²) in [5.41, 5.74) is 2.07. The average Bonchev–Trinajstić information content (AvgIpc) is 2.41. The van der Waals surface area contributed by atoms with E-state index < -0.39 is 0 Å². The van der Waals surface area contributed by atoms with Crippen LogP contribution in [0.25, 0.3) is 0 Å². The minimum atomic E-state index is 0.0995. The zero-order chi connectivity index (χ0) is 14.3. The lowest BCUT2D eigenvalue weighted by molar-refractivity contribution is -0.120. The molecule has 0 aliphatic carbocycles. The van der Waals surface area contributed by atoms with Gasteiger partial charge in [0.2, 0.25) is 5.91 Å². The second kappa shape index (κ2) is 7.95. The van der Waals surface area contributed by atoms with Crippen molar-refractivity contribution in [2.24, 2.45) is 5.92 Å². The highest BCUT2D eigenvalue weighted by molar-refractivity contribution is 5.93. The van der Waals surface area contributed by atoms with Crippen molar-refractivity contribution in [2.45, 2.75) is 46.6 Å². The van der Waals surface area contributed by atoms with Crippen LogP contribution in [0.5, 0.6) is 0 Å². The Morgan fingerprint density at radius 3 is 2.37 bits per heavy atom. The van der Waals surface area contributed by atoms with E-state index in [9.17, 15) is 4.79 Å². The van der Waals surface area contributed by atoms with E-state index in [1.54, 1.807) is 0 Å². The van der Waals surface area contributed by atoms with Crippen LogP contribution in [0.1, 0.15) is 52.1 Å². The number of para-hydroxylation sites is 1. The molecule has 19 heavy (non-hydrogen) atoms. The van der Waals surface area contributed by atoms with Gasteiger partial charge in [-0.15, -0.1) is 0 Å². The summed E-state index contributed by atoms with van der Waals surface area (Å²) in [7, 11) is 0. The van der Waals surface area contributed by atoms with E-state index in [4.69, 9.17) is 0 Å². The molecule has 0 aromatic heterocycles. The molecular weight excluding hydrogens is 236 g/mol. The largest absolute Gasteiger partial charge is 0.326 e. The lowest BCUT2D eigenvalue weighted by Crippen LogP contribution is -2.24. The Morgan fingerprint density at radius 1 is 1.16 bits per heavy atom. The molecule has 1 aromatic carbocycles. The molecule has 0 radical (unpaired) electrons. The molecular formula is C16H26N2O. The summed E-state index contributed by atoms with van der Waals surface area (Å²) in [5, 5.41) is 6.45. The first-order valence-electron chi connectivity index (χ1n) is 7.27. The molecule has 1 rings (SSSR count). The number of amides is 1. The smallest absolute Gasteiger partial charge is 0.227 e. The summed E-state index contributed by atoms with van der Waals surface area (Å²) in [6.45, 7) is 9.23. The van der Waals surface area contributed by atoms with Crippen LogP contribution >= 0.6 is 0 Å². The molecule has 0 aliphatic rings. The fraction of sp³-hybridized carbons (Fsp3) is 0.562. The van der Waals surface area contributed by atoms with Gasteiger partial charge in [-0.25, -0.2) is 0 Å². The number of carbonyl (C=O) groups is 1. The molecule has 0 saturated carbocycles. The predicted octanol–water partition coefficient (Wildman–Crippen LogP) is 3.73. The van der Waals surface area contributed by atoms with Crippen LogP contribution in [-0.4, -0.2) is 12.5 Å². The molecule has 3 nitrogen and oxygen atoms in total. The Hall–Kier alpha value is -1.35. The molecule has 0 fully saturated rings. The number of rotatable bonds is 7. The maximum atomic E-state index is 12.2. The van der Waals surface area contributed by atoms with Gasteiger partial charge in [0.05, 0.1) is 0 Å². The molecule has 0 spiro atoms. The fourth-order valence-electron chi connectivity index (χ4n) is 2.30. The third-order valence-electron chi connectivity index (χ3n) is 3.55. The number of nitrogens with one attached hydrogen (secondary N) is 2. The molecule has 1 amide bonds. The predicted molar refractivity (Wildman–Crippen MR) is 81.2 cm³/mol. The first kappa shape index (κ1) is 15.7. The highest BCUT2D eigenvalue weighted by Crippen LogP contribution is 2.23. The SMILES string of the molecule is CCNC(C)c1ccccc1NC(=O)C(CC)CC.